The molecule has 3 heteroatoms. The molecule has 0 aliphatic carbocycles. The molecule has 0 radical (unpaired) electrons. The van der Waals surface area contributed by atoms with Crippen molar-refractivity contribution in [1.29, 1.82) is 0 Å². The molecule has 0 aliphatic rings. The Morgan fingerprint density at radius 1 is 0.412 bits per heavy atom. The molecule has 0 N–H and O–H groups in total. The molecule has 0 aliphatic heterocycles. The van der Waals surface area contributed by atoms with E-state index in [9.17, 15) is 0 Å². The summed E-state index contributed by atoms with van der Waals surface area (Å²) in [5, 5.41) is 5.03. The average Bonchev–Trinajstić information content (AvgIpc) is 3.76. The van der Waals surface area contributed by atoms with Gasteiger partial charge < -0.3 is 9.47 Å². The van der Waals surface area contributed by atoms with E-state index in [4.69, 9.17) is 0 Å². The van der Waals surface area contributed by atoms with Gasteiger partial charge in [-0.25, -0.2) is 0 Å². The summed E-state index contributed by atoms with van der Waals surface area (Å²) >= 11 is 1.87. The number of thiophene rings is 1. The summed E-state index contributed by atoms with van der Waals surface area (Å²) in [4.78, 5) is 2.50. The van der Waals surface area contributed by atoms with Crippen LogP contribution >= 0.6 is 11.3 Å². The van der Waals surface area contributed by atoms with E-state index in [1.54, 1.807) is 0 Å². The number of fused-ring (bicyclic) bond motifs is 6. The minimum Gasteiger partial charge on any atom is -0.309 e. The van der Waals surface area contributed by atoms with Crippen LogP contribution in [0.4, 0.5) is 17.1 Å². The van der Waals surface area contributed by atoms with Crippen molar-refractivity contribution in [3.05, 3.63) is 194 Å². The lowest BCUT2D eigenvalue weighted by Gasteiger charge is -2.28. The lowest BCUT2D eigenvalue weighted by Crippen LogP contribution is -2.10. The SMILES string of the molecule is c1ccc(-c2ccccc2-c2cccc(N(c3cccc4c3sc3ccccc34)c3cccc4c3c3ccccc3n4-c3ccccc3)c2)cc1. The van der Waals surface area contributed by atoms with E-state index in [2.05, 4.69) is 204 Å². The van der Waals surface area contributed by atoms with Crippen LogP contribution in [0.3, 0.4) is 0 Å². The Hall–Kier alpha value is -6.42. The fourth-order valence-corrected chi connectivity index (χ4v) is 8.98. The van der Waals surface area contributed by atoms with E-state index in [-0.39, 0.29) is 0 Å². The number of aromatic nitrogens is 1. The van der Waals surface area contributed by atoms with Crippen LogP contribution in [-0.2, 0) is 0 Å². The Morgan fingerprint density at radius 3 is 1.84 bits per heavy atom. The standard InChI is InChI=1S/C48H32N2S/c1-3-16-33(17-4-1)37-22-7-8-23-38(37)34-18-13-21-36(32-34)50(45-30-14-26-40-39-24-10-12-31-46(39)51-48(40)45)44-29-15-28-43-47(44)41-25-9-11-27-42(41)49(43)35-19-5-2-6-20-35/h1-32H. The molecule has 8 aromatic carbocycles. The maximum atomic E-state index is 2.50. The van der Waals surface area contributed by atoms with E-state index in [1.807, 2.05) is 11.3 Å². The maximum absolute atomic E-state index is 2.50. The second-order valence-corrected chi connectivity index (χ2v) is 14.0. The first-order valence-electron chi connectivity index (χ1n) is 17.4. The predicted molar refractivity (Wildman–Crippen MR) is 219 cm³/mol. The molecule has 0 spiro atoms. The molecule has 0 amide bonds. The summed E-state index contributed by atoms with van der Waals surface area (Å²) < 4.78 is 4.97. The Balaban J connectivity index is 1.28. The lowest BCUT2D eigenvalue weighted by atomic mass is 9.94. The van der Waals surface area contributed by atoms with Crippen LogP contribution < -0.4 is 4.90 Å². The largest absolute Gasteiger partial charge is 0.309 e. The van der Waals surface area contributed by atoms with E-state index < -0.39 is 0 Å². The van der Waals surface area contributed by atoms with Crippen LogP contribution in [0.2, 0.25) is 0 Å². The molecule has 10 rings (SSSR count). The molecule has 0 saturated heterocycles. The number of para-hydroxylation sites is 2. The Kier molecular flexibility index (Phi) is 7.04. The molecule has 0 bridgehead atoms. The molecular weight excluding hydrogens is 637 g/mol. The normalized spacial score (nSPS) is 11.5. The smallest absolute Gasteiger partial charge is 0.0640 e. The van der Waals surface area contributed by atoms with Gasteiger partial charge in [0.1, 0.15) is 0 Å². The van der Waals surface area contributed by atoms with Gasteiger partial charge in [0.2, 0.25) is 0 Å². The van der Waals surface area contributed by atoms with Crippen molar-refractivity contribution in [2.45, 2.75) is 0 Å². The fourth-order valence-electron chi connectivity index (χ4n) is 7.78. The van der Waals surface area contributed by atoms with Crippen LogP contribution in [0, 0.1) is 0 Å². The van der Waals surface area contributed by atoms with Gasteiger partial charge in [0.15, 0.2) is 0 Å². The van der Waals surface area contributed by atoms with Gasteiger partial charge in [0, 0.05) is 37.6 Å². The highest BCUT2D eigenvalue weighted by atomic mass is 32.1. The first kappa shape index (κ1) is 29.5. The van der Waals surface area contributed by atoms with E-state index in [1.165, 1.54) is 69.9 Å². The second-order valence-electron chi connectivity index (χ2n) is 12.9. The third kappa shape index (κ3) is 4.85. The van der Waals surface area contributed by atoms with Crippen LogP contribution in [0.1, 0.15) is 0 Å². The van der Waals surface area contributed by atoms with Gasteiger partial charge in [-0.1, -0.05) is 140 Å². The van der Waals surface area contributed by atoms with Gasteiger partial charge in [-0.05, 0) is 76.9 Å². The van der Waals surface area contributed by atoms with Crippen LogP contribution in [0.15, 0.2) is 194 Å². The second kappa shape index (κ2) is 12.2. The third-order valence-electron chi connectivity index (χ3n) is 9.98. The number of rotatable bonds is 6. The zero-order valence-electron chi connectivity index (χ0n) is 27.8. The highest BCUT2D eigenvalue weighted by Gasteiger charge is 2.23. The van der Waals surface area contributed by atoms with Gasteiger partial charge in [-0.3, -0.25) is 0 Å². The van der Waals surface area contributed by atoms with Crippen molar-refractivity contribution in [3.8, 4) is 27.9 Å². The molecule has 51 heavy (non-hydrogen) atoms. The monoisotopic (exact) mass is 668 g/mol. The van der Waals surface area contributed by atoms with Crippen molar-refractivity contribution >= 4 is 70.4 Å². The van der Waals surface area contributed by atoms with Crippen molar-refractivity contribution in [1.82, 2.24) is 4.57 Å². The highest BCUT2D eigenvalue weighted by Crippen LogP contribution is 2.49. The lowest BCUT2D eigenvalue weighted by molar-refractivity contribution is 1.18. The summed E-state index contributed by atoms with van der Waals surface area (Å²) in [5.41, 5.74) is 11.8. The van der Waals surface area contributed by atoms with Crippen molar-refractivity contribution in [2.24, 2.45) is 0 Å². The number of anilines is 3. The minimum absolute atomic E-state index is 1.12. The van der Waals surface area contributed by atoms with Gasteiger partial charge in [-0.15, -0.1) is 11.3 Å². The van der Waals surface area contributed by atoms with E-state index >= 15 is 0 Å². The highest BCUT2D eigenvalue weighted by molar-refractivity contribution is 7.26. The zero-order valence-corrected chi connectivity index (χ0v) is 28.6. The number of hydrogen-bond acceptors (Lipinski definition) is 2. The van der Waals surface area contributed by atoms with Gasteiger partial charge in [0.05, 0.1) is 27.1 Å². The van der Waals surface area contributed by atoms with Crippen LogP contribution in [-0.4, -0.2) is 4.57 Å². The summed E-state index contributed by atoms with van der Waals surface area (Å²) in [6.45, 7) is 0. The Morgan fingerprint density at radius 2 is 1.00 bits per heavy atom. The molecule has 0 fully saturated rings. The number of hydrogen-bond donors (Lipinski definition) is 0. The van der Waals surface area contributed by atoms with E-state index in [0.29, 0.717) is 0 Å². The molecular formula is C48H32N2S. The average molecular weight is 669 g/mol. The fraction of sp³-hybridized carbons (Fsp3) is 0. The quantitative estimate of drug-likeness (QED) is 0.171. The molecule has 0 unspecified atom stereocenters. The summed E-state index contributed by atoms with van der Waals surface area (Å²) in [7, 11) is 0. The first-order chi connectivity index (χ1) is 25.3. The van der Waals surface area contributed by atoms with Gasteiger partial charge in [-0.2, -0.15) is 0 Å². The van der Waals surface area contributed by atoms with Crippen LogP contribution in [0.25, 0.3) is 69.9 Å². The summed E-state index contributed by atoms with van der Waals surface area (Å²) in [6, 6.07) is 70.3. The summed E-state index contributed by atoms with van der Waals surface area (Å²) in [6.07, 6.45) is 0. The Labute approximate surface area is 300 Å². The van der Waals surface area contributed by atoms with Crippen molar-refractivity contribution in [2.75, 3.05) is 4.90 Å². The van der Waals surface area contributed by atoms with Crippen molar-refractivity contribution in [3.63, 3.8) is 0 Å². The first-order valence-corrected chi connectivity index (χ1v) is 18.2. The molecule has 0 saturated carbocycles. The molecule has 2 nitrogen and oxygen atoms in total. The molecule has 2 heterocycles. The number of benzene rings is 8. The zero-order chi connectivity index (χ0) is 33.7. The van der Waals surface area contributed by atoms with E-state index in [0.717, 1.165) is 17.1 Å². The topological polar surface area (TPSA) is 8.17 Å². The summed E-state index contributed by atoms with van der Waals surface area (Å²) in [5.74, 6) is 0. The van der Waals surface area contributed by atoms with Crippen molar-refractivity contribution < 1.29 is 0 Å². The van der Waals surface area contributed by atoms with Gasteiger partial charge in [0.25, 0.3) is 0 Å². The predicted octanol–water partition coefficient (Wildman–Crippen LogP) is 14.0. The molecule has 0 atom stereocenters. The molecule has 240 valence electrons. The van der Waals surface area contributed by atoms with Gasteiger partial charge >= 0.3 is 0 Å². The Bertz CT molecular complexity index is 2860. The minimum atomic E-state index is 1.12. The molecule has 2 aromatic heterocycles. The van der Waals surface area contributed by atoms with Crippen LogP contribution in [0.5, 0.6) is 0 Å². The third-order valence-corrected chi connectivity index (χ3v) is 11.2. The molecule has 10 aromatic rings. The number of nitrogens with zero attached hydrogens (tertiary/aromatic N) is 2. The maximum Gasteiger partial charge on any atom is 0.0640 e.